The van der Waals surface area contributed by atoms with Crippen LogP contribution in [0.3, 0.4) is 0 Å². The molecule has 1 aliphatic carbocycles. The van der Waals surface area contributed by atoms with Gasteiger partial charge in [-0.3, -0.25) is 9.36 Å². The van der Waals surface area contributed by atoms with E-state index in [9.17, 15) is 13.6 Å². The van der Waals surface area contributed by atoms with Crippen molar-refractivity contribution in [1.82, 2.24) is 25.2 Å². The number of alkyl halides is 2. The lowest BCUT2D eigenvalue weighted by atomic mass is 9.91. The van der Waals surface area contributed by atoms with Gasteiger partial charge in [0.15, 0.2) is 0 Å². The van der Waals surface area contributed by atoms with Gasteiger partial charge in [-0.05, 0) is 49.6 Å². The molecule has 0 spiro atoms. The second kappa shape index (κ2) is 8.81. The predicted molar refractivity (Wildman–Crippen MR) is 133 cm³/mol. The van der Waals surface area contributed by atoms with Crippen LogP contribution in [0.15, 0.2) is 36.7 Å². The number of fused-ring (bicyclic) bond motifs is 2. The Morgan fingerprint density at radius 1 is 1.21 bits per heavy atom. The zero-order valence-corrected chi connectivity index (χ0v) is 20.4. The number of carbonyl (C=O) groups excluding carboxylic acids is 1. The van der Waals surface area contributed by atoms with E-state index >= 15 is 0 Å². The van der Waals surface area contributed by atoms with Crippen LogP contribution in [0.2, 0.25) is 0 Å². The van der Waals surface area contributed by atoms with Crippen molar-refractivity contribution in [2.45, 2.75) is 56.3 Å². The third kappa shape index (κ3) is 4.56. The molecule has 0 bridgehead atoms. The second-order valence-corrected chi connectivity index (χ2v) is 10.1. The molecule has 3 N–H and O–H groups in total. The average Bonchev–Trinajstić information content (AvgIpc) is 3.41. The highest BCUT2D eigenvalue weighted by Gasteiger charge is 2.31. The van der Waals surface area contributed by atoms with Crippen LogP contribution in [0.1, 0.15) is 54.0 Å². The number of imidazole rings is 1. The lowest BCUT2D eigenvalue weighted by Gasteiger charge is -2.32. The molecule has 0 radical (unpaired) electrons. The van der Waals surface area contributed by atoms with Crippen LogP contribution in [0.25, 0.3) is 16.7 Å². The van der Waals surface area contributed by atoms with Crippen LogP contribution >= 0.6 is 18.5 Å². The van der Waals surface area contributed by atoms with E-state index in [0.717, 1.165) is 54.1 Å². The van der Waals surface area contributed by atoms with Crippen molar-refractivity contribution in [3.05, 3.63) is 53.8 Å². The number of nitrogens with one attached hydrogen (secondary N) is 3. The molecule has 3 heterocycles. The number of hydrogen-bond acceptors (Lipinski definition) is 3. The van der Waals surface area contributed by atoms with Crippen molar-refractivity contribution in [2.75, 3.05) is 0 Å². The Morgan fingerprint density at radius 3 is 2.73 bits per heavy atom. The van der Waals surface area contributed by atoms with Gasteiger partial charge in [0.25, 0.3) is 5.91 Å². The van der Waals surface area contributed by atoms with Crippen molar-refractivity contribution in [3.63, 3.8) is 0 Å². The summed E-state index contributed by atoms with van der Waals surface area (Å²) in [4.78, 5) is 20.2. The van der Waals surface area contributed by atoms with Gasteiger partial charge in [0, 0.05) is 41.8 Å². The van der Waals surface area contributed by atoms with E-state index < -0.39 is 5.66 Å². The zero-order chi connectivity index (χ0) is 23.2. The minimum absolute atomic E-state index is 0.0588. The first kappa shape index (κ1) is 22.5. The van der Waals surface area contributed by atoms with Gasteiger partial charge in [0.2, 0.25) is 0 Å². The molecular weight excluding hydrogens is 462 g/mol. The Labute approximate surface area is 195 Å². The molecule has 33 heavy (non-hydrogen) atoms. The number of hydrogen-bond donors (Lipinski definition) is 3. The maximum Gasteiger partial charge on any atom is 0.301 e. The average molecular weight is 489 g/mol. The number of aromatic nitrogens is 3. The van der Waals surface area contributed by atoms with Crippen molar-refractivity contribution in [2.24, 2.45) is 0 Å². The molecule has 1 aliphatic heterocycles. The van der Waals surface area contributed by atoms with E-state index in [1.165, 1.54) is 6.20 Å². The fraction of sp³-hybridized carbons (Fsp3) is 0.391. The fourth-order valence-corrected chi connectivity index (χ4v) is 5.34. The van der Waals surface area contributed by atoms with Gasteiger partial charge in [0.1, 0.15) is 17.3 Å². The quantitative estimate of drug-likeness (QED) is 0.477. The van der Waals surface area contributed by atoms with Crippen LogP contribution in [0.4, 0.5) is 8.78 Å². The summed E-state index contributed by atoms with van der Waals surface area (Å²) in [6.45, 7) is 0. The van der Waals surface area contributed by atoms with Crippen molar-refractivity contribution in [1.29, 1.82) is 0 Å². The number of benzene rings is 1. The van der Waals surface area contributed by atoms with E-state index in [0.29, 0.717) is 17.8 Å². The summed E-state index contributed by atoms with van der Waals surface area (Å²) in [6, 6.07) is 6.24. The SMILES string of the molecule is O=C(NC1CCC(NC2=CCCc3nc(C(F)(F)P)cn32)CC1)c1c[nH]c2cccc(P)c12. The van der Waals surface area contributed by atoms with Crippen LogP contribution < -0.4 is 15.9 Å². The van der Waals surface area contributed by atoms with Crippen molar-refractivity contribution in [3.8, 4) is 0 Å². The van der Waals surface area contributed by atoms with Gasteiger partial charge in [-0.25, -0.2) is 4.98 Å². The summed E-state index contributed by atoms with van der Waals surface area (Å²) in [5.74, 6) is 1.42. The fourth-order valence-electron chi connectivity index (χ4n) is 4.78. The largest absolute Gasteiger partial charge is 0.369 e. The minimum Gasteiger partial charge on any atom is -0.369 e. The molecule has 3 aromatic rings. The van der Waals surface area contributed by atoms with Gasteiger partial charge in [-0.2, -0.15) is 8.78 Å². The Kier molecular flexibility index (Phi) is 6.00. The molecule has 174 valence electrons. The maximum absolute atomic E-state index is 13.7. The Bertz CT molecular complexity index is 1220. The number of halogens is 2. The summed E-state index contributed by atoms with van der Waals surface area (Å²) >= 11 is 0. The van der Waals surface area contributed by atoms with Crippen LogP contribution in [-0.4, -0.2) is 32.5 Å². The maximum atomic E-state index is 13.7. The first-order valence-corrected chi connectivity index (χ1v) is 12.3. The number of aryl methyl sites for hydroxylation is 1. The smallest absolute Gasteiger partial charge is 0.301 e. The summed E-state index contributed by atoms with van der Waals surface area (Å²) < 4.78 is 29.1. The lowest BCUT2D eigenvalue weighted by Crippen LogP contribution is -2.42. The van der Waals surface area contributed by atoms with Crippen LogP contribution in [0.5, 0.6) is 0 Å². The molecule has 6 nitrogen and oxygen atoms in total. The topological polar surface area (TPSA) is 74.7 Å². The number of H-pyrrole nitrogens is 1. The first-order chi connectivity index (χ1) is 15.8. The highest BCUT2D eigenvalue weighted by atomic mass is 31.0. The summed E-state index contributed by atoms with van der Waals surface area (Å²) in [6.07, 6.45) is 10.2. The molecule has 1 fully saturated rings. The standard InChI is InChI=1S/C23H27F2N5OP2/c24-23(25,33)18-12-30-19(5-2-6-20(30)29-18)27-13-7-9-14(10-8-13)28-22(31)15-11-26-16-3-1-4-17(32)21(15)16/h1,3-5,11-14,26-27H,2,6-10,32-33H2,(H,28,31). The molecule has 2 atom stereocenters. The molecule has 2 unspecified atom stereocenters. The third-order valence-electron chi connectivity index (χ3n) is 6.48. The van der Waals surface area contributed by atoms with Crippen LogP contribution in [-0.2, 0) is 12.1 Å². The molecule has 5 rings (SSSR count). The van der Waals surface area contributed by atoms with Gasteiger partial charge >= 0.3 is 5.66 Å². The molecular formula is C23H27F2N5OP2. The molecule has 10 heteroatoms. The number of nitrogens with zero attached hydrogens (tertiary/aromatic N) is 2. The van der Waals surface area contributed by atoms with Gasteiger partial charge in [-0.1, -0.05) is 21.4 Å². The molecule has 2 aromatic heterocycles. The summed E-state index contributed by atoms with van der Waals surface area (Å²) in [5.41, 5.74) is -1.65. The van der Waals surface area contributed by atoms with E-state index in [4.69, 9.17) is 0 Å². The van der Waals surface area contributed by atoms with Crippen molar-refractivity contribution >= 4 is 46.4 Å². The molecule has 0 saturated heterocycles. The Hall–Kier alpha value is -2.30. The van der Waals surface area contributed by atoms with Gasteiger partial charge in [-0.15, -0.1) is 9.24 Å². The van der Waals surface area contributed by atoms with E-state index in [2.05, 4.69) is 29.8 Å². The highest BCUT2D eigenvalue weighted by molar-refractivity contribution is 7.28. The molecule has 2 aliphatic rings. The van der Waals surface area contributed by atoms with E-state index in [1.54, 1.807) is 20.0 Å². The van der Waals surface area contributed by atoms with Crippen molar-refractivity contribution < 1.29 is 13.6 Å². The normalized spacial score (nSPS) is 20.9. The summed E-state index contributed by atoms with van der Waals surface area (Å²) in [7, 11) is 4.25. The van der Waals surface area contributed by atoms with Gasteiger partial charge < -0.3 is 15.6 Å². The van der Waals surface area contributed by atoms with Gasteiger partial charge in [0.05, 0.1) is 5.56 Å². The first-order valence-electron chi connectivity index (χ1n) is 11.2. The van der Waals surface area contributed by atoms with E-state index in [-0.39, 0.29) is 23.7 Å². The monoisotopic (exact) mass is 489 g/mol. The molecule has 1 amide bonds. The molecule has 1 saturated carbocycles. The number of rotatable bonds is 5. The Morgan fingerprint density at radius 2 is 1.97 bits per heavy atom. The number of carbonyl (C=O) groups is 1. The molecule has 1 aromatic carbocycles. The zero-order valence-electron chi connectivity index (χ0n) is 18.1. The predicted octanol–water partition coefficient (Wildman–Crippen LogP) is 3.86. The lowest BCUT2D eigenvalue weighted by molar-refractivity contribution is 0.0926. The number of amides is 1. The highest BCUT2D eigenvalue weighted by Crippen LogP contribution is 2.35. The van der Waals surface area contributed by atoms with Crippen LogP contribution in [0, 0.1) is 0 Å². The number of allylic oxidation sites excluding steroid dienone is 1. The number of aromatic amines is 1. The summed E-state index contributed by atoms with van der Waals surface area (Å²) in [5, 5.41) is 8.64. The second-order valence-electron chi connectivity index (χ2n) is 8.80. The minimum atomic E-state index is -3.03. The Balaban J connectivity index is 1.20. The van der Waals surface area contributed by atoms with E-state index in [1.807, 2.05) is 24.3 Å². The third-order valence-corrected chi connectivity index (χ3v) is 7.26.